The van der Waals surface area contributed by atoms with Gasteiger partial charge < -0.3 is 9.05 Å². The minimum atomic E-state index is -3.70. The van der Waals surface area contributed by atoms with Crippen molar-refractivity contribution in [1.29, 1.82) is 0 Å². The van der Waals surface area contributed by atoms with Crippen LogP contribution in [0.25, 0.3) is 0 Å². The van der Waals surface area contributed by atoms with E-state index in [0.717, 1.165) is 3.57 Å². The molecule has 0 aliphatic rings. The van der Waals surface area contributed by atoms with Crippen LogP contribution >= 0.6 is 30.2 Å². The Hall–Kier alpha value is -0.230. The standard InChI is InChI=1S/C11H14IO4P/c1-3-15-17(14,16-4-2)11(13)9-7-5-6-8-10(9)12/h5-8H,3-4H2,1-2H3. The molecule has 0 radical (unpaired) electrons. The minimum Gasteiger partial charge on any atom is -0.303 e. The van der Waals surface area contributed by atoms with Gasteiger partial charge in [0.25, 0.3) is 5.52 Å². The smallest absolute Gasteiger partial charge is 0.303 e. The lowest BCUT2D eigenvalue weighted by atomic mass is 10.2. The van der Waals surface area contributed by atoms with Crippen LogP contribution in [0.3, 0.4) is 0 Å². The lowest BCUT2D eigenvalue weighted by Gasteiger charge is -2.15. The van der Waals surface area contributed by atoms with E-state index in [4.69, 9.17) is 9.05 Å². The number of hydrogen-bond acceptors (Lipinski definition) is 4. The maximum absolute atomic E-state index is 12.3. The second-order valence-corrected chi connectivity index (χ2v) is 6.20. The molecule has 0 aliphatic heterocycles. The van der Waals surface area contributed by atoms with Crippen molar-refractivity contribution in [2.24, 2.45) is 0 Å². The highest BCUT2D eigenvalue weighted by Gasteiger charge is 2.35. The Bertz CT molecular complexity index is 437. The first-order valence-electron chi connectivity index (χ1n) is 5.23. The molecule has 94 valence electrons. The largest absolute Gasteiger partial charge is 0.401 e. The normalized spacial score (nSPS) is 11.5. The highest BCUT2D eigenvalue weighted by molar-refractivity contribution is 14.1. The number of hydrogen-bond donors (Lipinski definition) is 0. The highest BCUT2D eigenvalue weighted by atomic mass is 127. The van der Waals surface area contributed by atoms with Crippen LogP contribution in [0.5, 0.6) is 0 Å². The summed E-state index contributed by atoms with van der Waals surface area (Å²) in [5.74, 6) is 0. The van der Waals surface area contributed by atoms with Gasteiger partial charge in [0, 0.05) is 9.13 Å². The molecule has 1 rings (SSSR count). The van der Waals surface area contributed by atoms with Gasteiger partial charge in [0.05, 0.1) is 13.2 Å². The van der Waals surface area contributed by atoms with E-state index in [1.54, 1.807) is 32.0 Å². The van der Waals surface area contributed by atoms with Crippen LogP contribution in [0, 0.1) is 3.57 Å². The summed E-state index contributed by atoms with van der Waals surface area (Å²) in [4.78, 5) is 12.1. The second-order valence-electron chi connectivity index (χ2n) is 3.12. The fourth-order valence-corrected chi connectivity index (χ4v) is 3.60. The topological polar surface area (TPSA) is 52.6 Å². The number of benzene rings is 1. The van der Waals surface area contributed by atoms with Crippen LogP contribution in [0.15, 0.2) is 24.3 Å². The maximum atomic E-state index is 12.3. The van der Waals surface area contributed by atoms with Crippen molar-refractivity contribution in [3.05, 3.63) is 33.4 Å². The number of rotatable bonds is 6. The summed E-state index contributed by atoms with van der Waals surface area (Å²) in [6.07, 6.45) is 0. The van der Waals surface area contributed by atoms with Gasteiger partial charge in [0.1, 0.15) is 0 Å². The number of carbonyl (C=O) groups is 1. The van der Waals surface area contributed by atoms with Crippen LogP contribution in [-0.4, -0.2) is 18.7 Å². The van der Waals surface area contributed by atoms with Gasteiger partial charge >= 0.3 is 7.60 Å². The van der Waals surface area contributed by atoms with Crippen LogP contribution in [-0.2, 0) is 13.6 Å². The predicted molar refractivity (Wildman–Crippen MR) is 74.3 cm³/mol. The van der Waals surface area contributed by atoms with Crippen molar-refractivity contribution < 1.29 is 18.4 Å². The molecule has 0 heterocycles. The predicted octanol–water partition coefficient (Wildman–Crippen LogP) is 3.70. The van der Waals surface area contributed by atoms with Crippen LogP contribution < -0.4 is 0 Å². The Labute approximate surface area is 114 Å². The van der Waals surface area contributed by atoms with Crippen LogP contribution in [0.1, 0.15) is 24.2 Å². The molecule has 0 fully saturated rings. The van der Waals surface area contributed by atoms with Crippen LogP contribution in [0.4, 0.5) is 0 Å². The molecule has 4 nitrogen and oxygen atoms in total. The summed E-state index contributed by atoms with van der Waals surface area (Å²) < 4.78 is 23.0. The maximum Gasteiger partial charge on any atom is 0.401 e. The van der Waals surface area contributed by atoms with Gasteiger partial charge in [-0.15, -0.1) is 0 Å². The average Bonchev–Trinajstić information content (AvgIpc) is 2.29. The number of carbonyl (C=O) groups excluding carboxylic acids is 1. The molecule has 0 unspecified atom stereocenters. The summed E-state index contributed by atoms with van der Waals surface area (Å²) in [6.45, 7) is 3.70. The Kier molecular flexibility index (Phi) is 5.79. The molecular weight excluding hydrogens is 354 g/mol. The van der Waals surface area contributed by atoms with E-state index in [9.17, 15) is 9.36 Å². The van der Waals surface area contributed by atoms with Crippen molar-refractivity contribution in [2.45, 2.75) is 13.8 Å². The molecule has 1 aromatic carbocycles. The van der Waals surface area contributed by atoms with E-state index in [-0.39, 0.29) is 13.2 Å². The minimum absolute atomic E-state index is 0.173. The van der Waals surface area contributed by atoms with E-state index >= 15 is 0 Å². The van der Waals surface area contributed by atoms with Crippen LogP contribution in [0.2, 0.25) is 0 Å². The molecule has 0 aliphatic carbocycles. The van der Waals surface area contributed by atoms with Gasteiger partial charge in [0.2, 0.25) is 0 Å². The van der Waals surface area contributed by atoms with Crippen molar-refractivity contribution in [3.63, 3.8) is 0 Å². The summed E-state index contributed by atoms with van der Waals surface area (Å²) in [5.41, 5.74) is -0.204. The molecule has 0 amide bonds. The van der Waals surface area contributed by atoms with Gasteiger partial charge in [-0.25, -0.2) is 0 Å². The van der Waals surface area contributed by atoms with E-state index in [1.165, 1.54) is 0 Å². The van der Waals surface area contributed by atoms with E-state index < -0.39 is 13.1 Å². The molecule has 0 bridgehead atoms. The zero-order chi connectivity index (χ0) is 12.9. The Morgan fingerprint density at radius 1 is 1.24 bits per heavy atom. The quantitative estimate of drug-likeness (QED) is 0.568. The van der Waals surface area contributed by atoms with E-state index in [0.29, 0.717) is 5.56 Å². The molecular formula is C11H14IO4P. The Morgan fingerprint density at radius 2 is 1.76 bits per heavy atom. The highest BCUT2D eigenvalue weighted by Crippen LogP contribution is 2.51. The average molecular weight is 368 g/mol. The zero-order valence-electron chi connectivity index (χ0n) is 9.68. The summed E-state index contributed by atoms with van der Waals surface area (Å²) in [5, 5.41) is 0. The molecule has 1 aromatic rings. The van der Waals surface area contributed by atoms with E-state index in [2.05, 4.69) is 0 Å². The SMILES string of the molecule is CCOP(=O)(OCC)C(=O)c1ccccc1I. The third kappa shape index (κ3) is 3.61. The molecule has 0 saturated carbocycles. The van der Waals surface area contributed by atoms with Gasteiger partial charge in [-0.1, -0.05) is 12.1 Å². The third-order valence-corrected chi connectivity index (χ3v) is 4.83. The lowest BCUT2D eigenvalue weighted by Crippen LogP contribution is -2.08. The van der Waals surface area contributed by atoms with Gasteiger partial charge in [-0.3, -0.25) is 9.36 Å². The summed E-state index contributed by atoms with van der Waals surface area (Å²) in [6, 6.07) is 6.92. The Balaban J connectivity index is 3.09. The Morgan fingerprint density at radius 3 is 2.24 bits per heavy atom. The number of halogens is 1. The van der Waals surface area contributed by atoms with Gasteiger partial charge in [0.15, 0.2) is 0 Å². The summed E-state index contributed by atoms with van der Waals surface area (Å²) >= 11 is 2.02. The van der Waals surface area contributed by atoms with Gasteiger partial charge in [-0.2, -0.15) is 0 Å². The zero-order valence-corrected chi connectivity index (χ0v) is 12.7. The van der Waals surface area contributed by atoms with Crippen molar-refractivity contribution >= 4 is 35.7 Å². The molecule has 6 heteroatoms. The monoisotopic (exact) mass is 368 g/mol. The van der Waals surface area contributed by atoms with Gasteiger partial charge in [-0.05, 0) is 48.6 Å². The molecule has 0 aromatic heterocycles. The molecule has 17 heavy (non-hydrogen) atoms. The first-order chi connectivity index (χ1) is 8.05. The van der Waals surface area contributed by atoms with Crippen molar-refractivity contribution in [2.75, 3.05) is 13.2 Å². The van der Waals surface area contributed by atoms with Crippen molar-refractivity contribution in [3.8, 4) is 0 Å². The summed E-state index contributed by atoms with van der Waals surface area (Å²) in [7, 11) is -3.70. The lowest BCUT2D eigenvalue weighted by molar-refractivity contribution is 0.100. The fourth-order valence-electron chi connectivity index (χ4n) is 1.28. The first-order valence-corrected chi connectivity index (χ1v) is 7.85. The molecule has 0 atom stereocenters. The first kappa shape index (κ1) is 14.8. The molecule has 0 saturated heterocycles. The fraction of sp³-hybridized carbons (Fsp3) is 0.364. The second kappa shape index (κ2) is 6.64. The van der Waals surface area contributed by atoms with E-state index in [1.807, 2.05) is 28.7 Å². The molecule has 0 spiro atoms. The molecule has 0 N–H and O–H groups in total. The third-order valence-electron chi connectivity index (χ3n) is 1.95. The van der Waals surface area contributed by atoms with Crippen molar-refractivity contribution in [1.82, 2.24) is 0 Å².